The maximum Gasteiger partial charge on any atom is 0.0387 e. The van der Waals surface area contributed by atoms with Gasteiger partial charge in [-0.1, -0.05) is 29.3 Å². The van der Waals surface area contributed by atoms with Gasteiger partial charge in [-0.2, -0.15) is 0 Å². The minimum Gasteiger partial charge on any atom is -0.366 e. The van der Waals surface area contributed by atoms with E-state index >= 15 is 0 Å². The summed E-state index contributed by atoms with van der Waals surface area (Å²) in [5.41, 5.74) is 1.34. The Hall–Kier alpha value is -0.540. The highest BCUT2D eigenvalue weighted by Crippen LogP contribution is 2.23. The highest BCUT2D eigenvalue weighted by atomic mass is 79.9. The summed E-state index contributed by atoms with van der Waals surface area (Å²) in [5, 5.41) is 3.63. The summed E-state index contributed by atoms with van der Waals surface area (Å²) >= 11 is 3.49. The lowest BCUT2D eigenvalue weighted by molar-refractivity contribution is 0.386. The lowest BCUT2D eigenvalue weighted by Crippen LogP contribution is -2.55. The van der Waals surface area contributed by atoms with E-state index in [1.165, 1.54) is 18.5 Å². The molecule has 3 heteroatoms. The second kappa shape index (κ2) is 5.87. The third-order valence-corrected chi connectivity index (χ3v) is 3.98. The van der Waals surface area contributed by atoms with Crippen molar-refractivity contribution in [2.24, 2.45) is 0 Å². The van der Waals surface area contributed by atoms with Crippen LogP contribution in [0.4, 0.5) is 5.69 Å². The van der Waals surface area contributed by atoms with Gasteiger partial charge in [0.15, 0.2) is 0 Å². The second-order valence-electron chi connectivity index (χ2n) is 4.87. The maximum atomic E-state index is 3.63. The van der Waals surface area contributed by atoms with Crippen LogP contribution in [0.15, 0.2) is 28.7 Å². The molecule has 0 radical (unpaired) electrons. The molecule has 0 amide bonds. The first kappa shape index (κ1) is 12.9. The van der Waals surface area contributed by atoms with E-state index in [1.807, 2.05) is 0 Å². The topological polar surface area (TPSA) is 15.3 Å². The fourth-order valence-corrected chi connectivity index (χ4v) is 2.73. The van der Waals surface area contributed by atoms with E-state index in [-0.39, 0.29) is 0 Å². The number of hydrogen-bond acceptors (Lipinski definition) is 2. The molecule has 2 atom stereocenters. The van der Waals surface area contributed by atoms with Gasteiger partial charge in [-0.25, -0.2) is 0 Å². The van der Waals surface area contributed by atoms with Crippen molar-refractivity contribution in [2.75, 3.05) is 18.0 Å². The summed E-state index contributed by atoms with van der Waals surface area (Å²) in [6.07, 6.45) is 2.51. The second-order valence-corrected chi connectivity index (χ2v) is 5.79. The van der Waals surface area contributed by atoms with Crippen LogP contribution in [0.25, 0.3) is 0 Å². The molecule has 1 heterocycles. The van der Waals surface area contributed by atoms with Crippen LogP contribution in [0.5, 0.6) is 0 Å². The standard InChI is InChI=1S/C14H21BrN2/c1-3-4-13-10-17(11(2)9-16-13)14-7-5-12(15)6-8-14/h5-8,11,13,16H,3-4,9-10H2,1-2H3. The lowest BCUT2D eigenvalue weighted by atomic mass is 10.1. The van der Waals surface area contributed by atoms with Gasteiger partial charge < -0.3 is 10.2 Å². The number of rotatable bonds is 3. The van der Waals surface area contributed by atoms with Gasteiger partial charge in [0, 0.05) is 35.3 Å². The molecule has 17 heavy (non-hydrogen) atoms. The number of nitrogens with zero attached hydrogens (tertiary/aromatic N) is 1. The van der Waals surface area contributed by atoms with Crippen LogP contribution in [0.3, 0.4) is 0 Å². The normalized spacial score (nSPS) is 25.0. The van der Waals surface area contributed by atoms with Gasteiger partial charge in [-0.05, 0) is 37.6 Å². The molecule has 1 N–H and O–H groups in total. The van der Waals surface area contributed by atoms with Gasteiger partial charge >= 0.3 is 0 Å². The van der Waals surface area contributed by atoms with Crippen molar-refractivity contribution in [3.05, 3.63) is 28.7 Å². The van der Waals surface area contributed by atoms with Gasteiger partial charge in [-0.15, -0.1) is 0 Å². The van der Waals surface area contributed by atoms with Gasteiger partial charge in [0.1, 0.15) is 0 Å². The monoisotopic (exact) mass is 296 g/mol. The number of nitrogens with one attached hydrogen (secondary N) is 1. The Labute approximate surface area is 113 Å². The Bertz CT molecular complexity index is 350. The lowest BCUT2D eigenvalue weighted by Gasteiger charge is -2.40. The summed E-state index contributed by atoms with van der Waals surface area (Å²) in [4.78, 5) is 2.52. The van der Waals surface area contributed by atoms with Gasteiger partial charge in [0.25, 0.3) is 0 Å². The van der Waals surface area contributed by atoms with Crippen molar-refractivity contribution in [2.45, 2.75) is 38.8 Å². The minimum atomic E-state index is 0.573. The Kier molecular flexibility index (Phi) is 4.46. The fraction of sp³-hybridized carbons (Fsp3) is 0.571. The van der Waals surface area contributed by atoms with E-state index in [4.69, 9.17) is 0 Å². The molecule has 2 nitrogen and oxygen atoms in total. The summed E-state index contributed by atoms with van der Waals surface area (Å²) in [6.45, 7) is 6.75. The number of piperazine rings is 1. The summed E-state index contributed by atoms with van der Waals surface area (Å²) in [7, 11) is 0. The molecule has 2 unspecified atom stereocenters. The molecule has 0 bridgehead atoms. The Morgan fingerprint density at radius 2 is 2.06 bits per heavy atom. The van der Waals surface area contributed by atoms with Crippen LogP contribution < -0.4 is 10.2 Å². The van der Waals surface area contributed by atoms with Crippen molar-refractivity contribution in [1.29, 1.82) is 0 Å². The predicted molar refractivity (Wildman–Crippen MR) is 77.6 cm³/mol. The number of halogens is 1. The molecule has 0 aromatic heterocycles. The third-order valence-electron chi connectivity index (χ3n) is 3.45. The van der Waals surface area contributed by atoms with E-state index in [9.17, 15) is 0 Å². The van der Waals surface area contributed by atoms with Gasteiger partial charge in [0.05, 0.1) is 0 Å². The van der Waals surface area contributed by atoms with E-state index in [1.54, 1.807) is 0 Å². The number of hydrogen-bond donors (Lipinski definition) is 1. The smallest absolute Gasteiger partial charge is 0.0387 e. The van der Waals surface area contributed by atoms with E-state index < -0.39 is 0 Å². The maximum absolute atomic E-state index is 3.63. The van der Waals surface area contributed by atoms with E-state index in [0.29, 0.717) is 12.1 Å². The van der Waals surface area contributed by atoms with Crippen molar-refractivity contribution >= 4 is 21.6 Å². The quantitative estimate of drug-likeness (QED) is 0.919. The van der Waals surface area contributed by atoms with Crippen LogP contribution in [0.2, 0.25) is 0 Å². The molecule has 94 valence electrons. The largest absolute Gasteiger partial charge is 0.366 e. The Morgan fingerprint density at radius 1 is 1.35 bits per heavy atom. The highest BCUT2D eigenvalue weighted by molar-refractivity contribution is 9.10. The molecular weight excluding hydrogens is 276 g/mol. The van der Waals surface area contributed by atoms with E-state index in [2.05, 4.69) is 64.3 Å². The molecule has 1 aliphatic rings. The molecule has 0 saturated carbocycles. The molecule has 0 spiro atoms. The zero-order chi connectivity index (χ0) is 12.3. The third kappa shape index (κ3) is 3.23. The average Bonchev–Trinajstić information content (AvgIpc) is 2.33. The molecule has 1 fully saturated rings. The van der Waals surface area contributed by atoms with Gasteiger partial charge in [-0.3, -0.25) is 0 Å². The van der Waals surface area contributed by atoms with Crippen LogP contribution in [0, 0.1) is 0 Å². The average molecular weight is 297 g/mol. The Morgan fingerprint density at radius 3 is 2.71 bits per heavy atom. The zero-order valence-corrected chi connectivity index (χ0v) is 12.2. The fourth-order valence-electron chi connectivity index (χ4n) is 2.46. The van der Waals surface area contributed by atoms with Gasteiger partial charge in [0.2, 0.25) is 0 Å². The number of anilines is 1. The minimum absolute atomic E-state index is 0.573. The number of benzene rings is 1. The summed E-state index contributed by atoms with van der Waals surface area (Å²) in [6, 6.07) is 9.87. The van der Waals surface area contributed by atoms with Crippen molar-refractivity contribution < 1.29 is 0 Å². The Balaban J connectivity index is 2.09. The van der Waals surface area contributed by atoms with Crippen molar-refractivity contribution in [3.63, 3.8) is 0 Å². The SMILES string of the molecule is CCCC1CN(c2ccc(Br)cc2)C(C)CN1. The highest BCUT2D eigenvalue weighted by Gasteiger charge is 2.24. The first-order valence-electron chi connectivity index (χ1n) is 6.46. The molecule has 1 aromatic rings. The molecule has 1 aliphatic heterocycles. The molecule has 1 aromatic carbocycles. The van der Waals surface area contributed by atoms with E-state index in [0.717, 1.165) is 17.6 Å². The van der Waals surface area contributed by atoms with Crippen LogP contribution in [-0.2, 0) is 0 Å². The van der Waals surface area contributed by atoms with Crippen LogP contribution in [0.1, 0.15) is 26.7 Å². The first-order valence-corrected chi connectivity index (χ1v) is 7.25. The zero-order valence-electron chi connectivity index (χ0n) is 10.6. The summed E-state index contributed by atoms with van der Waals surface area (Å²) < 4.78 is 1.15. The molecular formula is C14H21BrN2. The molecule has 1 saturated heterocycles. The van der Waals surface area contributed by atoms with Crippen LogP contribution >= 0.6 is 15.9 Å². The molecule has 2 rings (SSSR count). The van der Waals surface area contributed by atoms with Crippen molar-refractivity contribution in [1.82, 2.24) is 5.32 Å². The van der Waals surface area contributed by atoms with Crippen molar-refractivity contribution in [3.8, 4) is 0 Å². The first-order chi connectivity index (χ1) is 8.20. The molecule has 0 aliphatic carbocycles. The van der Waals surface area contributed by atoms with Crippen LogP contribution in [-0.4, -0.2) is 25.2 Å². The summed E-state index contributed by atoms with van der Waals surface area (Å²) in [5.74, 6) is 0. The predicted octanol–water partition coefficient (Wildman–Crippen LogP) is 3.42.